The Hall–Kier alpha value is -1.06. The Morgan fingerprint density at radius 1 is 1.31 bits per heavy atom. The summed E-state index contributed by atoms with van der Waals surface area (Å²) in [5, 5.41) is 11.9. The first kappa shape index (κ1) is 13.0. The molecule has 0 aliphatic carbocycles. The number of hydrogen-bond donors (Lipinski definition) is 2. The third-order valence-electron chi connectivity index (χ3n) is 2.41. The molecule has 90 valence electrons. The van der Waals surface area contributed by atoms with Crippen molar-refractivity contribution in [1.82, 2.24) is 5.32 Å². The van der Waals surface area contributed by atoms with E-state index in [0.717, 1.165) is 24.5 Å². The maximum atomic E-state index is 8.79. The molecule has 1 aromatic carbocycles. The van der Waals surface area contributed by atoms with Crippen molar-refractivity contribution in [3.05, 3.63) is 29.8 Å². The molecule has 0 saturated heterocycles. The van der Waals surface area contributed by atoms with Crippen LogP contribution in [0.3, 0.4) is 0 Å². The summed E-state index contributed by atoms with van der Waals surface area (Å²) in [6, 6.07) is 7.90. The minimum atomic E-state index is 0.194. The van der Waals surface area contributed by atoms with Gasteiger partial charge < -0.3 is 15.2 Å². The monoisotopic (exact) mass is 223 g/mol. The first-order chi connectivity index (χ1) is 7.76. The van der Waals surface area contributed by atoms with Gasteiger partial charge in [-0.15, -0.1) is 0 Å². The maximum Gasteiger partial charge on any atom is 0.119 e. The van der Waals surface area contributed by atoms with Crippen LogP contribution in [0.5, 0.6) is 5.75 Å². The third-order valence-corrected chi connectivity index (χ3v) is 2.41. The second kappa shape index (κ2) is 7.25. The van der Waals surface area contributed by atoms with E-state index in [4.69, 9.17) is 9.84 Å². The lowest BCUT2D eigenvalue weighted by molar-refractivity contribution is 0.258. The van der Waals surface area contributed by atoms with Crippen LogP contribution in [0.1, 0.15) is 12.5 Å². The zero-order chi connectivity index (χ0) is 11.8. The van der Waals surface area contributed by atoms with Gasteiger partial charge in [-0.3, -0.25) is 0 Å². The Morgan fingerprint density at radius 3 is 2.56 bits per heavy atom. The lowest BCUT2D eigenvalue weighted by Gasteiger charge is -2.12. The fourth-order valence-electron chi connectivity index (χ4n) is 1.53. The van der Waals surface area contributed by atoms with Crippen molar-refractivity contribution >= 4 is 0 Å². The SMILES string of the molecule is CNCC(C)COc1ccc(CCO)cc1. The van der Waals surface area contributed by atoms with Crippen LogP contribution < -0.4 is 10.1 Å². The van der Waals surface area contributed by atoms with Gasteiger partial charge in [-0.2, -0.15) is 0 Å². The molecule has 0 heterocycles. The van der Waals surface area contributed by atoms with Gasteiger partial charge >= 0.3 is 0 Å². The number of hydrogen-bond acceptors (Lipinski definition) is 3. The van der Waals surface area contributed by atoms with Gasteiger partial charge in [0.05, 0.1) is 6.61 Å². The summed E-state index contributed by atoms with van der Waals surface area (Å²) in [5.41, 5.74) is 1.14. The smallest absolute Gasteiger partial charge is 0.119 e. The van der Waals surface area contributed by atoms with Crippen LogP contribution in [0.4, 0.5) is 0 Å². The second-order valence-electron chi connectivity index (χ2n) is 4.09. The zero-order valence-corrected chi connectivity index (χ0v) is 10.1. The third kappa shape index (κ3) is 4.64. The Bertz CT molecular complexity index is 284. The molecule has 0 fully saturated rings. The Labute approximate surface area is 97.4 Å². The van der Waals surface area contributed by atoms with E-state index >= 15 is 0 Å². The molecule has 3 nitrogen and oxygen atoms in total. The van der Waals surface area contributed by atoms with Gasteiger partial charge in [0, 0.05) is 19.1 Å². The summed E-state index contributed by atoms with van der Waals surface area (Å²) < 4.78 is 5.65. The Kier molecular flexibility index (Phi) is 5.90. The topological polar surface area (TPSA) is 41.5 Å². The van der Waals surface area contributed by atoms with E-state index in [2.05, 4.69) is 12.2 Å². The average Bonchev–Trinajstić information content (AvgIpc) is 2.29. The van der Waals surface area contributed by atoms with Crippen LogP contribution in [0.2, 0.25) is 0 Å². The summed E-state index contributed by atoms with van der Waals surface area (Å²) in [6.45, 7) is 4.03. The fraction of sp³-hybridized carbons (Fsp3) is 0.538. The van der Waals surface area contributed by atoms with Crippen LogP contribution in [-0.2, 0) is 6.42 Å². The highest BCUT2D eigenvalue weighted by molar-refractivity contribution is 5.27. The van der Waals surface area contributed by atoms with E-state index < -0.39 is 0 Å². The van der Waals surface area contributed by atoms with E-state index in [9.17, 15) is 0 Å². The predicted octanol–water partition coefficient (Wildman–Crippen LogP) is 1.46. The summed E-state index contributed by atoms with van der Waals surface area (Å²) in [4.78, 5) is 0. The molecule has 16 heavy (non-hydrogen) atoms. The normalized spacial score (nSPS) is 12.4. The molecular weight excluding hydrogens is 202 g/mol. The molecular formula is C13H21NO2. The highest BCUT2D eigenvalue weighted by atomic mass is 16.5. The van der Waals surface area contributed by atoms with E-state index in [0.29, 0.717) is 12.3 Å². The number of nitrogens with one attached hydrogen (secondary N) is 1. The quantitative estimate of drug-likeness (QED) is 0.735. The Balaban J connectivity index is 2.37. The number of rotatable bonds is 7. The first-order valence-corrected chi connectivity index (χ1v) is 5.73. The first-order valence-electron chi connectivity index (χ1n) is 5.73. The number of aliphatic hydroxyl groups is 1. The summed E-state index contributed by atoms with van der Waals surface area (Å²) in [7, 11) is 1.94. The van der Waals surface area contributed by atoms with E-state index in [1.807, 2.05) is 31.3 Å². The minimum absolute atomic E-state index is 0.194. The van der Waals surface area contributed by atoms with Gasteiger partial charge in [-0.05, 0) is 31.2 Å². The van der Waals surface area contributed by atoms with Crippen LogP contribution in [-0.4, -0.2) is 31.9 Å². The van der Waals surface area contributed by atoms with Crippen LogP contribution in [0.25, 0.3) is 0 Å². The van der Waals surface area contributed by atoms with Crippen molar-refractivity contribution < 1.29 is 9.84 Å². The molecule has 0 aromatic heterocycles. The van der Waals surface area contributed by atoms with Gasteiger partial charge in [0.15, 0.2) is 0 Å². The molecule has 0 aliphatic rings. The average molecular weight is 223 g/mol. The van der Waals surface area contributed by atoms with Gasteiger partial charge in [-0.1, -0.05) is 19.1 Å². The maximum absolute atomic E-state index is 8.79. The molecule has 1 atom stereocenters. The zero-order valence-electron chi connectivity index (χ0n) is 10.1. The molecule has 1 unspecified atom stereocenters. The van der Waals surface area contributed by atoms with Crippen molar-refractivity contribution in [2.45, 2.75) is 13.3 Å². The van der Waals surface area contributed by atoms with Gasteiger partial charge in [0.1, 0.15) is 5.75 Å². The standard InChI is InChI=1S/C13H21NO2/c1-11(9-14-2)10-16-13-5-3-12(4-6-13)7-8-15/h3-6,11,14-15H,7-10H2,1-2H3. The van der Waals surface area contributed by atoms with E-state index in [1.165, 1.54) is 0 Å². The van der Waals surface area contributed by atoms with Crippen molar-refractivity contribution in [2.24, 2.45) is 5.92 Å². The van der Waals surface area contributed by atoms with Crippen molar-refractivity contribution in [2.75, 3.05) is 26.8 Å². The largest absolute Gasteiger partial charge is 0.493 e. The van der Waals surface area contributed by atoms with E-state index in [1.54, 1.807) is 0 Å². The van der Waals surface area contributed by atoms with Crippen molar-refractivity contribution in [3.63, 3.8) is 0 Å². The number of ether oxygens (including phenoxy) is 1. The molecule has 2 N–H and O–H groups in total. The summed E-state index contributed by atoms with van der Waals surface area (Å²) in [5.74, 6) is 1.40. The summed E-state index contributed by atoms with van der Waals surface area (Å²) >= 11 is 0. The van der Waals surface area contributed by atoms with Gasteiger partial charge in [0.2, 0.25) is 0 Å². The lowest BCUT2D eigenvalue weighted by atomic mass is 10.1. The Morgan fingerprint density at radius 2 is 2.00 bits per heavy atom. The van der Waals surface area contributed by atoms with Crippen LogP contribution in [0, 0.1) is 5.92 Å². The molecule has 1 aromatic rings. The predicted molar refractivity (Wildman–Crippen MR) is 65.8 cm³/mol. The van der Waals surface area contributed by atoms with Gasteiger partial charge in [-0.25, -0.2) is 0 Å². The van der Waals surface area contributed by atoms with Crippen LogP contribution >= 0.6 is 0 Å². The van der Waals surface area contributed by atoms with Crippen molar-refractivity contribution in [1.29, 1.82) is 0 Å². The highest BCUT2D eigenvalue weighted by Crippen LogP contribution is 2.13. The molecule has 0 saturated carbocycles. The molecule has 0 radical (unpaired) electrons. The lowest BCUT2D eigenvalue weighted by Crippen LogP contribution is -2.21. The number of aliphatic hydroxyl groups excluding tert-OH is 1. The highest BCUT2D eigenvalue weighted by Gasteiger charge is 2.01. The second-order valence-corrected chi connectivity index (χ2v) is 4.09. The molecule has 0 aliphatic heterocycles. The van der Waals surface area contributed by atoms with Crippen molar-refractivity contribution in [3.8, 4) is 5.75 Å². The fourth-order valence-corrected chi connectivity index (χ4v) is 1.53. The molecule has 0 bridgehead atoms. The minimum Gasteiger partial charge on any atom is -0.493 e. The molecule has 0 spiro atoms. The van der Waals surface area contributed by atoms with Gasteiger partial charge in [0.25, 0.3) is 0 Å². The molecule has 1 rings (SSSR count). The summed E-state index contributed by atoms with van der Waals surface area (Å²) in [6.07, 6.45) is 0.705. The van der Waals surface area contributed by atoms with E-state index in [-0.39, 0.29) is 6.61 Å². The molecule has 3 heteroatoms. The molecule has 0 amide bonds. The number of benzene rings is 1. The van der Waals surface area contributed by atoms with Crippen LogP contribution in [0.15, 0.2) is 24.3 Å².